The maximum absolute atomic E-state index is 11.3. The Kier molecular flexibility index (Phi) is 13.0. The number of carbonyl (C=O) groups excluding carboxylic acids is 1. The van der Waals surface area contributed by atoms with Gasteiger partial charge in [0.2, 0.25) is 0 Å². The van der Waals surface area contributed by atoms with Gasteiger partial charge in [0.25, 0.3) is 0 Å². The number of rotatable bonds is 14. The van der Waals surface area contributed by atoms with Crippen molar-refractivity contribution in [2.24, 2.45) is 5.92 Å². The van der Waals surface area contributed by atoms with Crippen LogP contribution in [-0.2, 0) is 24.1 Å². The summed E-state index contributed by atoms with van der Waals surface area (Å²) in [7, 11) is -4.76. The molecule has 3 N–H and O–H groups in total. The van der Waals surface area contributed by atoms with Crippen molar-refractivity contribution in [2.45, 2.75) is 70.4 Å². The van der Waals surface area contributed by atoms with Gasteiger partial charge in [-0.1, -0.05) is 69.2 Å². The molecule has 0 aromatic carbocycles. The van der Waals surface area contributed by atoms with Crippen molar-refractivity contribution >= 4 is 16.4 Å². The molecule has 0 unspecified atom stereocenters. The predicted octanol–water partition coefficient (Wildman–Crippen LogP) is 3.21. The van der Waals surface area contributed by atoms with Crippen molar-refractivity contribution in [3.8, 4) is 0 Å². The molecule has 180 valence electrons. The molecule has 0 saturated heterocycles. The van der Waals surface area contributed by atoms with Crippen LogP contribution in [0.3, 0.4) is 0 Å². The zero-order valence-corrected chi connectivity index (χ0v) is 19.3. The summed E-state index contributed by atoms with van der Waals surface area (Å²) in [4.78, 5) is 11.3. The minimum atomic E-state index is -4.76. The number of hydrogen-bond acceptors (Lipinski definition) is 7. The molecule has 0 radical (unpaired) electrons. The summed E-state index contributed by atoms with van der Waals surface area (Å²) in [5.74, 6) is -1.30. The highest BCUT2D eigenvalue weighted by atomic mass is 32.3. The zero-order chi connectivity index (χ0) is 24.0. The molecule has 5 atom stereocenters. The van der Waals surface area contributed by atoms with Crippen LogP contribution in [-0.4, -0.2) is 53.6 Å². The molecule has 9 heteroatoms. The first kappa shape index (κ1) is 28.0. The normalized spacial score (nSPS) is 22.8. The number of cyclic esters (lactones) is 1. The van der Waals surface area contributed by atoms with E-state index >= 15 is 0 Å². The molecular formula is C23H34O8S. The topological polar surface area (TPSA) is 130 Å². The third-order valence-electron chi connectivity index (χ3n) is 4.83. The van der Waals surface area contributed by atoms with Gasteiger partial charge in [-0.15, -0.1) is 0 Å². The maximum Gasteiger partial charge on any atom is 0.397 e. The van der Waals surface area contributed by atoms with Gasteiger partial charge in [-0.3, -0.25) is 4.55 Å². The Labute approximate surface area is 190 Å². The standard InChI is InChI=1S/C23H34O8S/c1-3-4-5-6-7-8-9-10-11-13-19(24)18(2)21(31-32(27,28)29)14-12-15-22-20(25)16-17-23(26)30-22/h7-13,15-22,24-25H,3-6,14H2,1-2H3,(H,27,28,29)/b8-7+,10-9+,13-11+,15-12+/t18-,19+,20-,21-,22-/m1/s1. The van der Waals surface area contributed by atoms with Crippen molar-refractivity contribution in [1.82, 2.24) is 0 Å². The van der Waals surface area contributed by atoms with E-state index in [2.05, 4.69) is 13.0 Å². The maximum atomic E-state index is 11.3. The number of unbranched alkanes of at least 4 members (excludes halogenated alkanes) is 3. The first-order valence-electron chi connectivity index (χ1n) is 10.7. The lowest BCUT2D eigenvalue weighted by atomic mass is 9.95. The van der Waals surface area contributed by atoms with Gasteiger partial charge < -0.3 is 14.9 Å². The van der Waals surface area contributed by atoms with Crippen LogP contribution in [0.4, 0.5) is 0 Å². The Morgan fingerprint density at radius 3 is 2.59 bits per heavy atom. The second-order valence-corrected chi connectivity index (χ2v) is 8.57. The van der Waals surface area contributed by atoms with Crippen molar-refractivity contribution in [2.75, 3.05) is 0 Å². The van der Waals surface area contributed by atoms with Crippen LogP contribution in [0.25, 0.3) is 0 Å². The number of esters is 1. The van der Waals surface area contributed by atoms with Crippen molar-refractivity contribution < 1.29 is 36.9 Å². The second-order valence-electron chi connectivity index (χ2n) is 7.52. The van der Waals surface area contributed by atoms with E-state index in [9.17, 15) is 23.4 Å². The van der Waals surface area contributed by atoms with E-state index in [0.29, 0.717) is 0 Å². The molecule has 0 bridgehead atoms. The van der Waals surface area contributed by atoms with E-state index in [4.69, 9.17) is 13.5 Å². The third kappa shape index (κ3) is 12.1. The van der Waals surface area contributed by atoms with Crippen LogP contribution in [0.2, 0.25) is 0 Å². The molecule has 0 saturated carbocycles. The van der Waals surface area contributed by atoms with E-state index in [1.165, 1.54) is 37.1 Å². The van der Waals surface area contributed by atoms with Gasteiger partial charge in [0.15, 0.2) is 0 Å². The van der Waals surface area contributed by atoms with Gasteiger partial charge in [0.1, 0.15) is 12.2 Å². The summed E-state index contributed by atoms with van der Waals surface area (Å²) in [6.45, 7) is 3.73. The predicted molar refractivity (Wildman–Crippen MR) is 122 cm³/mol. The van der Waals surface area contributed by atoms with Crippen molar-refractivity contribution in [1.29, 1.82) is 0 Å². The van der Waals surface area contributed by atoms with E-state index in [1.54, 1.807) is 19.1 Å². The number of hydrogen-bond donors (Lipinski definition) is 3. The number of aliphatic hydroxyl groups is 2. The third-order valence-corrected chi connectivity index (χ3v) is 5.33. The highest BCUT2D eigenvalue weighted by Crippen LogP contribution is 2.20. The Balaban J connectivity index is 2.67. The molecule has 1 aliphatic rings. The van der Waals surface area contributed by atoms with Crippen LogP contribution in [0.15, 0.2) is 60.8 Å². The minimum Gasteiger partial charge on any atom is -0.452 e. The molecule has 0 aromatic rings. The van der Waals surface area contributed by atoms with Crippen LogP contribution >= 0.6 is 0 Å². The van der Waals surface area contributed by atoms with Gasteiger partial charge in [0.05, 0.1) is 12.2 Å². The Bertz CT molecular complexity index is 810. The van der Waals surface area contributed by atoms with Crippen LogP contribution in [0, 0.1) is 5.92 Å². The van der Waals surface area contributed by atoms with Gasteiger partial charge in [-0.05, 0) is 31.4 Å². The molecule has 1 aliphatic heterocycles. The number of aliphatic hydroxyl groups excluding tert-OH is 2. The summed E-state index contributed by atoms with van der Waals surface area (Å²) < 4.78 is 41.2. The van der Waals surface area contributed by atoms with Crippen LogP contribution < -0.4 is 0 Å². The Morgan fingerprint density at radius 2 is 1.91 bits per heavy atom. The molecule has 0 fully saturated rings. The Morgan fingerprint density at radius 1 is 1.19 bits per heavy atom. The lowest BCUT2D eigenvalue weighted by molar-refractivity contribution is -0.146. The Hall–Kier alpha value is -2.04. The molecule has 0 spiro atoms. The van der Waals surface area contributed by atoms with E-state index in [1.807, 2.05) is 12.2 Å². The van der Waals surface area contributed by atoms with Crippen molar-refractivity contribution in [3.63, 3.8) is 0 Å². The second kappa shape index (κ2) is 14.9. The molecule has 1 rings (SSSR count). The molecule has 0 aliphatic carbocycles. The smallest absolute Gasteiger partial charge is 0.397 e. The van der Waals surface area contributed by atoms with Crippen molar-refractivity contribution in [3.05, 3.63) is 60.8 Å². The fourth-order valence-electron chi connectivity index (χ4n) is 2.92. The van der Waals surface area contributed by atoms with Gasteiger partial charge in [-0.2, -0.15) is 8.42 Å². The lowest BCUT2D eigenvalue weighted by Crippen LogP contribution is -2.33. The number of carbonyl (C=O) groups is 1. The van der Waals surface area contributed by atoms with Crippen LogP contribution in [0.5, 0.6) is 0 Å². The highest BCUT2D eigenvalue weighted by Gasteiger charge is 2.28. The van der Waals surface area contributed by atoms with E-state index in [-0.39, 0.29) is 6.42 Å². The fraction of sp³-hybridized carbons (Fsp3) is 0.522. The number of allylic oxidation sites excluding steroid dienone is 5. The molecule has 1 heterocycles. The van der Waals surface area contributed by atoms with E-state index in [0.717, 1.165) is 18.9 Å². The summed E-state index contributed by atoms with van der Waals surface area (Å²) in [5.41, 5.74) is 0. The largest absolute Gasteiger partial charge is 0.452 e. The van der Waals surface area contributed by atoms with Gasteiger partial charge in [0, 0.05) is 12.0 Å². The first-order chi connectivity index (χ1) is 15.1. The molecule has 0 amide bonds. The molecule has 8 nitrogen and oxygen atoms in total. The molecule has 32 heavy (non-hydrogen) atoms. The average molecular weight is 471 g/mol. The summed E-state index contributed by atoms with van der Waals surface area (Å²) >= 11 is 0. The summed E-state index contributed by atoms with van der Waals surface area (Å²) in [6, 6.07) is 0. The molecule has 0 aromatic heterocycles. The SMILES string of the molecule is CCCCC/C=C/C=C/C=C/[C@H](O)[C@@H](C)[C@@H](C/C=C/[C@H]1OC(=O)C=C[C@H]1O)OS(=O)(=O)O. The monoisotopic (exact) mass is 470 g/mol. The average Bonchev–Trinajstić information content (AvgIpc) is 2.72. The summed E-state index contributed by atoms with van der Waals surface area (Å²) in [5, 5.41) is 20.2. The highest BCUT2D eigenvalue weighted by molar-refractivity contribution is 7.80. The van der Waals surface area contributed by atoms with Crippen LogP contribution in [0.1, 0.15) is 46.0 Å². The number of ether oxygens (including phenoxy) is 1. The lowest BCUT2D eigenvalue weighted by Gasteiger charge is -2.25. The van der Waals surface area contributed by atoms with Gasteiger partial charge in [-0.25, -0.2) is 8.98 Å². The zero-order valence-electron chi connectivity index (χ0n) is 18.5. The molecular weight excluding hydrogens is 436 g/mol. The van der Waals surface area contributed by atoms with Gasteiger partial charge >= 0.3 is 16.4 Å². The van der Waals surface area contributed by atoms with E-state index < -0.39 is 46.7 Å². The first-order valence-corrected chi connectivity index (χ1v) is 12.1. The fourth-order valence-corrected chi connectivity index (χ4v) is 3.48. The summed E-state index contributed by atoms with van der Waals surface area (Å²) in [6.07, 6.45) is 16.4. The quantitative estimate of drug-likeness (QED) is 0.116. The minimum absolute atomic E-state index is 0.0212.